The molecule has 0 aliphatic rings. The van der Waals surface area contributed by atoms with Gasteiger partial charge in [0.1, 0.15) is 71.9 Å². The van der Waals surface area contributed by atoms with Crippen LogP contribution in [-0.4, -0.2) is 145 Å². The van der Waals surface area contributed by atoms with Gasteiger partial charge in [-0.2, -0.15) is 0 Å². The molecule has 0 saturated heterocycles. The van der Waals surface area contributed by atoms with E-state index in [1.807, 2.05) is 298 Å². The maximum Gasteiger partial charge on any atom is 0.225 e. The summed E-state index contributed by atoms with van der Waals surface area (Å²) in [7, 11) is 0. The lowest BCUT2D eigenvalue weighted by molar-refractivity contribution is -0.134. The van der Waals surface area contributed by atoms with Crippen LogP contribution in [0.15, 0.2) is 0 Å². The van der Waals surface area contributed by atoms with E-state index in [0.29, 0.717) is 125 Å². The van der Waals surface area contributed by atoms with Crippen LogP contribution >= 0.6 is 0 Å². The predicted molar refractivity (Wildman–Crippen MR) is 624 cm³/mol. The van der Waals surface area contributed by atoms with Crippen LogP contribution in [0.5, 0.6) is 0 Å². The molecule has 874 valence electrons. The molecule has 21 heteroatoms. The minimum Gasteiger partial charge on any atom is -0.374 e. The SMILES string of the molecule is CC(C(=O)C(C)(C)C)C(C)(C)C.CC(C)(C)C(=O)C(C)(C)C.CC(C)(C)C(=O)CCC(=O)C(C)(C)C.CC(C)(C)C(=O)COCCNC(=O)C(C)(C)C.CC(C)(C)CC(=O)C(C)(C)C.CC(C)(C)CC(=O)C(C)(C)C.CC(C)(C)CC(=O)CC(C)(C)C.CC(C)(C)CC(=O)NCCOCC(=O)C(C)(C)C.CC(C)(C)CCC(=O)CC(C)(C)C.CC(C)(C)CCOCC(=O)C(C)(C)C.CC(C)(C)NC(=O)CCC(=O)C(C)(C)C. The molecule has 0 saturated carbocycles. The Hall–Kier alpha value is -5.67. The van der Waals surface area contributed by atoms with Crippen molar-refractivity contribution in [3.05, 3.63) is 0 Å². The number of ketones is 12. The Morgan fingerprint density at radius 1 is 0.211 bits per heavy atom. The quantitative estimate of drug-likeness (QED) is 0.0586. The summed E-state index contributed by atoms with van der Waals surface area (Å²) in [4.78, 5) is 173. The zero-order chi connectivity index (χ0) is 121. The number of rotatable bonds is 29. The van der Waals surface area contributed by atoms with E-state index in [1.165, 1.54) is 0 Å². The summed E-state index contributed by atoms with van der Waals surface area (Å²) in [5, 5.41) is 8.37. The molecule has 0 spiro atoms. The summed E-state index contributed by atoms with van der Waals surface area (Å²) in [5.41, 5.74) is -2.21. The smallest absolute Gasteiger partial charge is 0.225 e. The molecular weight excluding hydrogens is 1840 g/mol. The van der Waals surface area contributed by atoms with E-state index in [-0.39, 0.29) is 204 Å². The van der Waals surface area contributed by atoms with Crippen LogP contribution in [0.4, 0.5) is 0 Å². The maximum absolute atomic E-state index is 11.8. The summed E-state index contributed by atoms with van der Waals surface area (Å²) in [6.07, 6.45) is 8.05. The molecule has 3 N–H and O–H groups in total. The van der Waals surface area contributed by atoms with Gasteiger partial charge in [0.2, 0.25) is 17.7 Å². The van der Waals surface area contributed by atoms with Crippen molar-refractivity contribution in [2.45, 2.75) is 553 Å². The Morgan fingerprint density at radius 2 is 0.449 bits per heavy atom. The van der Waals surface area contributed by atoms with Crippen LogP contribution < -0.4 is 16.0 Å². The molecule has 21 nitrogen and oxygen atoms in total. The summed E-state index contributed by atoms with van der Waals surface area (Å²) >= 11 is 0. The zero-order valence-corrected chi connectivity index (χ0v) is 110. The van der Waals surface area contributed by atoms with Crippen LogP contribution in [0.3, 0.4) is 0 Å². The molecule has 3 amide bonds. The van der Waals surface area contributed by atoms with Crippen LogP contribution in [-0.2, 0) is 86.1 Å². The Labute approximate surface area is 909 Å². The van der Waals surface area contributed by atoms with E-state index in [2.05, 4.69) is 182 Å². The average molecular weight is 2090 g/mol. The minimum atomic E-state index is -0.388. The van der Waals surface area contributed by atoms with Crippen LogP contribution in [0.2, 0.25) is 0 Å². The summed E-state index contributed by atoms with van der Waals surface area (Å²) in [6.45, 7) is 137. The van der Waals surface area contributed by atoms with Gasteiger partial charge >= 0.3 is 0 Å². The van der Waals surface area contributed by atoms with Gasteiger partial charge in [0, 0.05) is 167 Å². The first-order valence-corrected chi connectivity index (χ1v) is 54.4. The number of amides is 3. The van der Waals surface area contributed by atoms with E-state index in [4.69, 9.17) is 14.2 Å². The molecule has 0 aliphatic carbocycles. The number of ether oxygens (including phenoxy) is 3. The second-order valence-corrected chi connectivity index (χ2v) is 64.6. The third-order valence-corrected chi connectivity index (χ3v) is 21.0. The second kappa shape index (κ2) is 67.2. The number of carbonyl (C=O) groups excluding carboxylic acids is 15. The lowest BCUT2D eigenvalue weighted by atomic mass is 9.72. The average Bonchev–Trinajstić information content (AvgIpc) is 0.841. The summed E-state index contributed by atoms with van der Waals surface area (Å²) < 4.78 is 15.8. The van der Waals surface area contributed by atoms with Crippen LogP contribution in [0, 0.1) is 120 Å². The second-order valence-electron chi connectivity index (χ2n) is 64.6. The van der Waals surface area contributed by atoms with Gasteiger partial charge < -0.3 is 30.2 Å². The van der Waals surface area contributed by atoms with Crippen molar-refractivity contribution < 1.29 is 86.1 Å². The van der Waals surface area contributed by atoms with E-state index >= 15 is 0 Å². The van der Waals surface area contributed by atoms with E-state index < -0.39 is 0 Å². The van der Waals surface area contributed by atoms with Crippen molar-refractivity contribution in [2.24, 2.45) is 120 Å². The minimum absolute atomic E-state index is 0.00680. The highest BCUT2D eigenvalue weighted by Gasteiger charge is 2.37. The fourth-order valence-electron chi connectivity index (χ4n) is 11.0. The number of hydrogen-bond donors (Lipinski definition) is 3. The van der Waals surface area contributed by atoms with E-state index in [1.54, 1.807) is 0 Å². The first-order valence-electron chi connectivity index (χ1n) is 54.4. The van der Waals surface area contributed by atoms with E-state index in [0.717, 1.165) is 19.3 Å². The highest BCUT2D eigenvalue weighted by molar-refractivity contribution is 5.92. The van der Waals surface area contributed by atoms with Gasteiger partial charge in [0.15, 0.2) is 17.3 Å². The van der Waals surface area contributed by atoms with Crippen molar-refractivity contribution in [3.8, 4) is 0 Å². The molecule has 0 bridgehead atoms. The topological polar surface area (TPSA) is 320 Å². The summed E-state index contributed by atoms with van der Waals surface area (Å²) in [5.74, 6) is 3.03. The van der Waals surface area contributed by atoms with Gasteiger partial charge in [0.05, 0.1) is 13.2 Å². The third kappa shape index (κ3) is 117. The number of Topliss-reactive ketones (excluding diaryl/α,β-unsaturated/α-hetero) is 12. The molecule has 0 radical (unpaired) electrons. The molecule has 0 aromatic carbocycles. The molecule has 1 atom stereocenters. The van der Waals surface area contributed by atoms with Gasteiger partial charge in [-0.15, -0.1) is 0 Å². The van der Waals surface area contributed by atoms with Crippen molar-refractivity contribution >= 4 is 87.1 Å². The zero-order valence-electron chi connectivity index (χ0n) is 110. The van der Waals surface area contributed by atoms with Crippen molar-refractivity contribution in [1.29, 1.82) is 0 Å². The van der Waals surface area contributed by atoms with E-state index in [9.17, 15) is 71.9 Å². The molecule has 0 heterocycles. The predicted octanol–water partition coefficient (Wildman–Crippen LogP) is 31.6. The highest BCUT2D eigenvalue weighted by Crippen LogP contribution is 2.36. The normalized spacial score (nSPS) is 13.1. The standard InChI is InChI=1S/C14H27NO3.C13H25NO3.C12H23NO2.C12H24O2.C12H22O2.C12H24O.2C11H22O.2C10H20O.C9H18O/c1-13(2,3)9-12(17)15-7-8-18-10-11(16)14(4,5)6;1-12(2,3)10(15)9-17-8-7-14-11(16)13(4,5)6;1-11(2,3)9(14)7-8-10(15)13-12(4,5)6;1-11(2,3)7-8-14-9-10(13)12(4,5)6;1-11(2,3)9(13)7-8-10(14)12(4,5)6;1-11(2,3)8-7-10(13)9-12(4,5)6;1-10(2,3)7-9(12)8-11(4,5)6;1-8(10(2,3)4)9(12)11(5,6)7;2*1-9(2,3)7-8(11)10(4,5)6;1-8(2,3)7(10)9(4,5)6/h7-10H2,1-6H3,(H,15,17);7-9H2,1-6H3,(H,14,16);7-8H2,1-6H3,(H,13,15);7-9H2,1-6H3;7-8H2,1-6H3;7-9H2,1-6H3;7-8H2,1-6H3;8H,1-7H3;2*7H2,1-6H3;1-6H3. The van der Waals surface area contributed by atoms with Crippen LogP contribution in [0.1, 0.15) is 547 Å². The first kappa shape index (κ1) is 164. The molecule has 0 fully saturated rings. The Morgan fingerprint density at radius 3 is 0.639 bits per heavy atom. The van der Waals surface area contributed by atoms with Gasteiger partial charge in [0.25, 0.3) is 0 Å². The van der Waals surface area contributed by atoms with Gasteiger partial charge in [-0.3, -0.25) is 71.9 Å². The van der Waals surface area contributed by atoms with Gasteiger partial charge in [-0.05, 0) is 82.3 Å². The van der Waals surface area contributed by atoms with Crippen molar-refractivity contribution in [2.75, 3.05) is 52.7 Å². The fourth-order valence-corrected chi connectivity index (χ4v) is 11.0. The van der Waals surface area contributed by atoms with Crippen LogP contribution in [0.25, 0.3) is 0 Å². The number of hydrogen-bond acceptors (Lipinski definition) is 18. The number of carbonyl (C=O) groups is 15. The van der Waals surface area contributed by atoms with Crippen molar-refractivity contribution in [1.82, 2.24) is 16.0 Å². The molecule has 0 aliphatic heterocycles. The third-order valence-electron chi connectivity index (χ3n) is 21.0. The number of nitrogens with one attached hydrogen (secondary N) is 3. The molecular formula is C126H247N3O18. The molecule has 0 aromatic heterocycles. The van der Waals surface area contributed by atoms with Gasteiger partial charge in [-0.25, -0.2) is 0 Å². The lowest BCUT2D eigenvalue weighted by Gasteiger charge is -2.31. The summed E-state index contributed by atoms with van der Waals surface area (Å²) in [6, 6.07) is 0. The molecule has 147 heavy (non-hydrogen) atoms. The Bertz CT molecular complexity index is 3720. The molecule has 1 unspecified atom stereocenters. The first-order chi connectivity index (χ1) is 63.4. The lowest BCUT2D eigenvalue weighted by Crippen LogP contribution is -2.40. The van der Waals surface area contributed by atoms with Gasteiger partial charge in [-0.1, -0.05) is 443 Å². The monoisotopic (exact) mass is 2090 g/mol. The largest absolute Gasteiger partial charge is 0.374 e. The maximum atomic E-state index is 11.8. The Kier molecular flexibility index (Phi) is 74.9. The molecule has 0 rings (SSSR count). The fraction of sp³-hybridized carbons (Fsp3) is 0.881. The Balaban J connectivity index is -0.000000154. The molecule has 0 aromatic rings. The van der Waals surface area contributed by atoms with Crippen molar-refractivity contribution in [3.63, 3.8) is 0 Å². The highest BCUT2D eigenvalue weighted by atomic mass is 16.5.